The number of carbonyl (C=O) groups excluding carboxylic acids is 1. The van der Waals surface area contributed by atoms with Crippen molar-refractivity contribution < 1.29 is 9.53 Å². The number of rotatable bonds is 2. The van der Waals surface area contributed by atoms with E-state index >= 15 is 0 Å². The van der Waals surface area contributed by atoms with Gasteiger partial charge < -0.3 is 14.2 Å². The Morgan fingerprint density at radius 3 is 2.50 bits per heavy atom. The topological polar surface area (TPSA) is 37.7 Å². The quantitative estimate of drug-likeness (QED) is 0.815. The minimum atomic E-state index is 0.0101. The van der Waals surface area contributed by atoms with Crippen molar-refractivity contribution in [3.05, 3.63) is 24.0 Å². The Hall–Kier alpha value is -1.33. The van der Waals surface area contributed by atoms with Crippen LogP contribution in [-0.4, -0.2) is 65.2 Å². The van der Waals surface area contributed by atoms with E-state index in [0.717, 1.165) is 57.7 Å². The molecule has 0 spiro atoms. The smallest absolute Gasteiger partial charge is 0.255 e. The van der Waals surface area contributed by atoms with Gasteiger partial charge in [-0.05, 0) is 58.4 Å². The molecule has 4 aliphatic heterocycles. The molecule has 5 rings (SSSR count). The second kappa shape index (κ2) is 7.01. The van der Waals surface area contributed by atoms with Gasteiger partial charge in [0.1, 0.15) is 0 Å². The highest BCUT2D eigenvalue weighted by Gasteiger charge is 2.39. The van der Waals surface area contributed by atoms with E-state index in [9.17, 15) is 4.79 Å². The molecule has 4 saturated heterocycles. The maximum absolute atomic E-state index is 13.2. The summed E-state index contributed by atoms with van der Waals surface area (Å²) < 4.78 is 7.69. The molecule has 2 atom stereocenters. The molecular formula is C21H33N3O2. The fourth-order valence-corrected chi connectivity index (χ4v) is 4.82. The second-order valence-corrected chi connectivity index (χ2v) is 9.33. The molecule has 0 aromatic carbocycles. The Kier molecular flexibility index (Phi) is 4.86. The zero-order valence-corrected chi connectivity index (χ0v) is 16.5. The molecule has 4 fully saturated rings. The number of ether oxygens (including phenoxy) is 1. The van der Waals surface area contributed by atoms with Gasteiger partial charge in [0.2, 0.25) is 0 Å². The van der Waals surface area contributed by atoms with Crippen LogP contribution in [0.25, 0.3) is 0 Å². The Morgan fingerprint density at radius 2 is 1.81 bits per heavy atom. The third-order valence-corrected chi connectivity index (χ3v) is 6.42. The zero-order chi connectivity index (χ0) is 18.3. The summed E-state index contributed by atoms with van der Waals surface area (Å²) in [7, 11) is 0. The third-order valence-electron chi connectivity index (χ3n) is 6.42. The maximum Gasteiger partial charge on any atom is 0.255 e. The van der Waals surface area contributed by atoms with Crippen LogP contribution in [0.15, 0.2) is 18.5 Å². The van der Waals surface area contributed by atoms with Crippen LogP contribution in [0.1, 0.15) is 56.8 Å². The summed E-state index contributed by atoms with van der Waals surface area (Å²) in [5.74, 6) is 0.835. The summed E-state index contributed by atoms with van der Waals surface area (Å²) in [6, 6.07) is 2.99. The average Bonchev–Trinajstić information content (AvgIpc) is 2.96. The number of carbonyl (C=O) groups is 1. The highest BCUT2D eigenvalue weighted by Crippen LogP contribution is 2.32. The molecule has 2 bridgehead atoms. The summed E-state index contributed by atoms with van der Waals surface area (Å²) in [5.41, 5.74) is 0.848. The highest BCUT2D eigenvalue weighted by molar-refractivity contribution is 5.94. The van der Waals surface area contributed by atoms with Crippen LogP contribution in [0, 0.1) is 5.92 Å². The first kappa shape index (κ1) is 18.1. The molecule has 26 heavy (non-hydrogen) atoms. The monoisotopic (exact) mass is 359 g/mol. The lowest BCUT2D eigenvalue weighted by Crippen LogP contribution is -2.48. The molecular weight excluding hydrogens is 326 g/mol. The molecule has 5 heteroatoms. The summed E-state index contributed by atoms with van der Waals surface area (Å²) >= 11 is 0. The van der Waals surface area contributed by atoms with Gasteiger partial charge in [-0.1, -0.05) is 0 Å². The molecule has 1 aromatic rings. The number of fused-ring (bicyclic) bond motifs is 4. The first-order valence-corrected chi connectivity index (χ1v) is 10.2. The van der Waals surface area contributed by atoms with E-state index in [1.807, 2.05) is 18.5 Å². The summed E-state index contributed by atoms with van der Waals surface area (Å²) in [4.78, 5) is 18.1. The minimum absolute atomic E-state index is 0.0101. The molecule has 1 amide bonds. The van der Waals surface area contributed by atoms with Gasteiger partial charge in [-0.2, -0.15) is 0 Å². The van der Waals surface area contributed by atoms with Gasteiger partial charge in [-0.25, -0.2) is 0 Å². The molecule has 0 radical (unpaired) electrons. The fourth-order valence-electron chi connectivity index (χ4n) is 4.82. The van der Waals surface area contributed by atoms with E-state index in [1.54, 1.807) is 0 Å². The first-order valence-electron chi connectivity index (χ1n) is 10.2. The van der Waals surface area contributed by atoms with Crippen molar-refractivity contribution in [1.82, 2.24) is 14.4 Å². The lowest BCUT2D eigenvalue weighted by atomic mass is 9.94. The van der Waals surface area contributed by atoms with Crippen LogP contribution in [-0.2, 0) is 10.3 Å². The number of hydrogen-bond acceptors (Lipinski definition) is 3. The normalized spacial score (nSPS) is 28.3. The van der Waals surface area contributed by atoms with E-state index in [0.29, 0.717) is 18.0 Å². The Labute approximate surface area is 157 Å². The molecule has 0 aliphatic carbocycles. The Balaban J connectivity index is 1.49. The van der Waals surface area contributed by atoms with Crippen LogP contribution in [0.5, 0.6) is 0 Å². The summed E-state index contributed by atoms with van der Waals surface area (Å²) in [6.07, 6.45) is 8.76. The van der Waals surface area contributed by atoms with Crippen LogP contribution >= 0.6 is 0 Å². The zero-order valence-electron chi connectivity index (χ0n) is 16.5. The second-order valence-electron chi connectivity index (χ2n) is 9.33. The molecule has 0 N–H and O–H groups in total. The van der Waals surface area contributed by atoms with Gasteiger partial charge in [0.15, 0.2) is 0 Å². The predicted octanol–water partition coefficient (Wildman–Crippen LogP) is 2.96. The van der Waals surface area contributed by atoms with Crippen LogP contribution in [0.4, 0.5) is 0 Å². The Morgan fingerprint density at radius 1 is 1.04 bits per heavy atom. The molecule has 5 heterocycles. The van der Waals surface area contributed by atoms with Crippen molar-refractivity contribution in [3.63, 3.8) is 0 Å². The van der Waals surface area contributed by atoms with Gasteiger partial charge >= 0.3 is 0 Å². The standard InChI is InChI=1S/C21H33N3O2/c1-21(2,3)23-9-6-17(14-23)20(25)24-13-16-4-5-19(24)15-22(12-16)18-7-10-26-11-8-18/h6,9,14,16,18-19H,4-5,7-8,10-13,15H2,1-3H3/t16-,19+/m0/s1. The van der Waals surface area contributed by atoms with Crippen LogP contribution in [0.2, 0.25) is 0 Å². The van der Waals surface area contributed by atoms with Gasteiger partial charge in [-0.15, -0.1) is 0 Å². The molecule has 144 valence electrons. The number of nitrogens with zero attached hydrogens (tertiary/aromatic N) is 3. The van der Waals surface area contributed by atoms with E-state index in [-0.39, 0.29) is 11.4 Å². The van der Waals surface area contributed by atoms with Crippen LogP contribution in [0.3, 0.4) is 0 Å². The minimum Gasteiger partial charge on any atom is -0.381 e. The van der Waals surface area contributed by atoms with E-state index < -0.39 is 0 Å². The van der Waals surface area contributed by atoms with Gasteiger partial charge in [0, 0.05) is 62.9 Å². The molecule has 1 aromatic heterocycles. The number of piperidine rings is 1. The van der Waals surface area contributed by atoms with Gasteiger partial charge in [0.05, 0.1) is 5.56 Å². The fraction of sp³-hybridized carbons (Fsp3) is 0.762. The van der Waals surface area contributed by atoms with E-state index in [4.69, 9.17) is 4.74 Å². The molecule has 0 unspecified atom stereocenters. The Bertz CT molecular complexity index is 642. The first-order chi connectivity index (χ1) is 12.4. The number of amides is 1. The van der Waals surface area contributed by atoms with Gasteiger partial charge in [0.25, 0.3) is 5.91 Å². The van der Waals surface area contributed by atoms with Crippen molar-refractivity contribution >= 4 is 5.91 Å². The van der Waals surface area contributed by atoms with Crippen molar-refractivity contribution in [1.29, 1.82) is 0 Å². The maximum atomic E-state index is 13.2. The van der Waals surface area contributed by atoms with E-state index in [2.05, 4.69) is 35.1 Å². The average molecular weight is 360 g/mol. The lowest BCUT2D eigenvalue weighted by Gasteiger charge is -2.37. The SMILES string of the molecule is CC(C)(C)n1ccc(C(=O)N2C[C@H]3CC[C@@H]2CN(C2CCOCC2)C3)c1. The van der Waals surface area contributed by atoms with Crippen molar-refractivity contribution in [2.24, 2.45) is 5.92 Å². The van der Waals surface area contributed by atoms with Crippen molar-refractivity contribution in [2.75, 3.05) is 32.8 Å². The molecule has 0 saturated carbocycles. The van der Waals surface area contributed by atoms with Gasteiger partial charge in [-0.3, -0.25) is 9.69 Å². The van der Waals surface area contributed by atoms with E-state index in [1.165, 1.54) is 6.42 Å². The lowest BCUT2D eigenvalue weighted by molar-refractivity contribution is 0.0304. The largest absolute Gasteiger partial charge is 0.381 e. The molecule has 5 nitrogen and oxygen atoms in total. The third kappa shape index (κ3) is 3.56. The van der Waals surface area contributed by atoms with Crippen molar-refractivity contribution in [3.8, 4) is 0 Å². The highest BCUT2D eigenvalue weighted by atomic mass is 16.5. The van der Waals surface area contributed by atoms with Crippen molar-refractivity contribution in [2.45, 2.75) is 64.1 Å². The summed E-state index contributed by atoms with van der Waals surface area (Å²) in [6.45, 7) is 11.4. The number of hydrogen-bond donors (Lipinski definition) is 0. The van der Waals surface area contributed by atoms with Crippen LogP contribution < -0.4 is 0 Å². The predicted molar refractivity (Wildman–Crippen MR) is 102 cm³/mol. The summed E-state index contributed by atoms with van der Waals surface area (Å²) in [5, 5.41) is 0. The molecule has 4 aliphatic rings. The number of aromatic nitrogens is 1.